The Morgan fingerprint density at radius 1 is 1.35 bits per heavy atom. The zero-order valence-electron chi connectivity index (χ0n) is 13.4. The fraction of sp³-hybridized carbons (Fsp3) is 0.312. The van der Waals surface area contributed by atoms with Crippen molar-refractivity contribution in [1.82, 2.24) is 24.9 Å². The number of aryl methyl sites for hydroxylation is 2. The molecule has 0 radical (unpaired) electrons. The normalized spacial score (nSPS) is 12.3. The van der Waals surface area contributed by atoms with Crippen molar-refractivity contribution in [1.29, 1.82) is 0 Å². The molecule has 1 atom stereocenters. The van der Waals surface area contributed by atoms with Crippen molar-refractivity contribution in [3.05, 3.63) is 42.2 Å². The van der Waals surface area contributed by atoms with E-state index >= 15 is 0 Å². The van der Waals surface area contributed by atoms with Gasteiger partial charge in [-0.15, -0.1) is 5.10 Å². The second-order valence-corrected chi connectivity index (χ2v) is 5.45. The van der Waals surface area contributed by atoms with Crippen LogP contribution in [0.5, 0.6) is 5.88 Å². The number of aromatic nitrogens is 4. The summed E-state index contributed by atoms with van der Waals surface area (Å²) in [7, 11) is 3.69. The highest BCUT2D eigenvalue weighted by Gasteiger charge is 2.18. The maximum absolute atomic E-state index is 12.2. The van der Waals surface area contributed by atoms with Crippen LogP contribution in [0.2, 0.25) is 0 Å². The topological polar surface area (TPSA) is 74.0 Å². The number of hydrogen-bond donors (Lipinski definition) is 1. The molecule has 0 spiro atoms. The molecular weight excluding hydrogens is 294 g/mol. The molecule has 2 heterocycles. The van der Waals surface area contributed by atoms with Gasteiger partial charge < -0.3 is 10.1 Å². The minimum Gasteiger partial charge on any atom is -0.463 e. The van der Waals surface area contributed by atoms with Gasteiger partial charge in [-0.05, 0) is 19.1 Å². The van der Waals surface area contributed by atoms with Crippen molar-refractivity contribution >= 4 is 16.8 Å². The quantitative estimate of drug-likeness (QED) is 0.772. The van der Waals surface area contributed by atoms with E-state index in [1.165, 1.54) is 0 Å². The van der Waals surface area contributed by atoms with Crippen LogP contribution in [-0.2, 0) is 25.4 Å². The fourth-order valence-electron chi connectivity index (χ4n) is 2.38. The summed E-state index contributed by atoms with van der Waals surface area (Å²) in [5, 5.41) is 12.1. The molecule has 0 saturated carbocycles. The lowest BCUT2D eigenvalue weighted by molar-refractivity contribution is -0.127. The van der Waals surface area contributed by atoms with Gasteiger partial charge in [-0.1, -0.05) is 12.1 Å². The van der Waals surface area contributed by atoms with E-state index in [2.05, 4.69) is 15.5 Å². The molecule has 0 aliphatic rings. The Hall–Kier alpha value is -2.83. The van der Waals surface area contributed by atoms with Gasteiger partial charge >= 0.3 is 0 Å². The van der Waals surface area contributed by atoms with Crippen molar-refractivity contribution in [2.75, 3.05) is 0 Å². The third kappa shape index (κ3) is 3.18. The molecule has 0 saturated heterocycles. The summed E-state index contributed by atoms with van der Waals surface area (Å²) in [6.07, 6.45) is 2.95. The minimum absolute atomic E-state index is 0.191. The Morgan fingerprint density at radius 2 is 2.13 bits per heavy atom. The first-order valence-corrected chi connectivity index (χ1v) is 7.38. The molecule has 1 N–H and O–H groups in total. The summed E-state index contributed by atoms with van der Waals surface area (Å²) in [5.74, 6) is 0.274. The smallest absolute Gasteiger partial charge is 0.261 e. The number of hydrogen-bond acceptors (Lipinski definition) is 4. The van der Waals surface area contributed by atoms with Crippen LogP contribution < -0.4 is 10.1 Å². The number of nitrogens with one attached hydrogen (secondary N) is 1. The van der Waals surface area contributed by atoms with Gasteiger partial charge in [-0.2, -0.15) is 5.10 Å². The lowest BCUT2D eigenvalue weighted by atomic mass is 10.2. The van der Waals surface area contributed by atoms with Gasteiger partial charge in [-0.25, -0.2) is 0 Å². The Kier molecular flexibility index (Phi) is 4.01. The predicted octanol–water partition coefficient (Wildman–Crippen LogP) is 1.39. The van der Waals surface area contributed by atoms with Crippen molar-refractivity contribution in [2.45, 2.75) is 19.6 Å². The molecule has 0 aliphatic carbocycles. The highest BCUT2D eigenvalue weighted by atomic mass is 16.5. The van der Waals surface area contributed by atoms with Crippen LogP contribution in [0.15, 0.2) is 36.7 Å². The Morgan fingerprint density at radius 3 is 2.87 bits per heavy atom. The van der Waals surface area contributed by atoms with Crippen molar-refractivity contribution in [3.63, 3.8) is 0 Å². The molecule has 7 nitrogen and oxygen atoms in total. The van der Waals surface area contributed by atoms with Gasteiger partial charge in [0.1, 0.15) is 0 Å². The average molecular weight is 313 g/mol. The zero-order valence-corrected chi connectivity index (χ0v) is 13.4. The molecule has 3 aromatic rings. The number of ether oxygens (including phenoxy) is 1. The first kappa shape index (κ1) is 15.1. The number of rotatable bonds is 5. The second-order valence-electron chi connectivity index (χ2n) is 5.45. The van der Waals surface area contributed by atoms with E-state index in [1.54, 1.807) is 22.5 Å². The molecule has 120 valence electrons. The summed E-state index contributed by atoms with van der Waals surface area (Å²) >= 11 is 0. The first-order chi connectivity index (χ1) is 11.0. The van der Waals surface area contributed by atoms with E-state index in [9.17, 15) is 4.79 Å². The Balaban J connectivity index is 1.65. The molecule has 0 aliphatic heterocycles. The number of carbonyl (C=O) groups is 1. The monoisotopic (exact) mass is 313 g/mol. The van der Waals surface area contributed by atoms with Crippen molar-refractivity contribution in [2.24, 2.45) is 14.1 Å². The molecule has 2 aromatic heterocycles. The van der Waals surface area contributed by atoms with Crippen LogP contribution in [0.3, 0.4) is 0 Å². The van der Waals surface area contributed by atoms with E-state index in [0.29, 0.717) is 12.4 Å². The molecule has 0 bridgehead atoms. The summed E-state index contributed by atoms with van der Waals surface area (Å²) in [6.45, 7) is 2.13. The SMILES string of the molecule is CC(Oc1nn(C)c2ccccc12)C(=O)NCc1cnn(C)c1. The molecule has 0 fully saturated rings. The van der Waals surface area contributed by atoms with Crippen LogP contribution in [0.1, 0.15) is 12.5 Å². The van der Waals surface area contributed by atoms with Crippen molar-refractivity contribution in [3.8, 4) is 5.88 Å². The molecule has 23 heavy (non-hydrogen) atoms. The van der Waals surface area contributed by atoms with E-state index in [-0.39, 0.29) is 5.91 Å². The van der Waals surface area contributed by atoms with Gasteiger partial charge in [0.15, 0.2) is 6.10 Å². The summed E-state index contributed by atoms with van der Waals surface area (Å²) < 4.78 is 9.18. The van der Waals surface area contributed by atoms with E-state index in [4.69, 9.17) is 4.74 Å². The van der Waals surface area contributed by atoms with Crippen LogP contribution in [0.4, 0.5) is 0 Å². The number of nitrogens with zero attached hydrogens (tertiary/aromatic N) is 4. The van der Waals surface area contributed by atoms with E-state index in [1.807, 2.05) is 44.6 Å². The maximum Gasteiger partial charge on any atom is 0.261 e. The standard InChI is InChI=1S/C16H19N5O2/c1-11(15(22)17-8-12-9-18-20(2)10-12)23-16-13-6-4-5-7-14(13)21(3)19-16/h4-7,9-11H,8H2,1-3H3,(H,17,22). The third-order valence-corrected chi connectivity index (χ3v) is 3.61. The molecule has 1 aromatic carbocycles. The number of benzene rings is 1. The number of carbonyl (C=O) groups excluding carboxylic acids is 1. The van der Waals surface area contributed by atoms with Crippen LogP contribution in [-0.4, -0.2) is 31.6 Å². The van der Waals surface area contributed by atoms with Crippen molar-refractivity contribution < 1.29 is 9.53 Å². The second kappa shape index (κ2) is 6.12. The highest BCUT2D eigenvalue weighted by Crippen LogP contribution is 2.24. The van der Waals surface area contributed by atoms with Crippen LogP contribution in [0.25, 0.3) is 10.9 Å². The van der Waals surface area contributed by atoms with Gasteiger partial charge in [0, 0.05) is 32.4 Å². The third-order valence-electron chi connectivity index (χ3n) is 3.61. The van der Waals surface area contributed by atoms with Gasteiger partial charge in [-0.3, -0.25) is 14.2 Å². The first-order valence-electron chi connectivity index (χ1n) is 7.38. The molecule has 3 rings (SSSR count). The summed E-state index contributed by atoms with van der Waals surface area (Å²) in [6, 6.07) is 7.75. The number of fused-ring (bicyclic) bond motifs is 1. The average Bonchev–Trinajstić information content (AvgIpc) is 3.09. The lowest BCUT2D eigenvalue weighted by Gasteiger charge is -2.12. The minimum atomic E-state index is -0.634. The largest absolute Gasteiger partial charge is 0.463 e. The Labute approximate surface area is 133 Å². The molecule has 1 unspecified atom stereocenters. The molecular formula is C16H19N5O2. The van der Waals surface area contributed by atoms with Gasteiger partial charge in [0.2, 0.25) is 5.88 Å². The highest BCUT2D eigenvalue weighted by molar-refractivity contribution is 5.85. The fourth-order valence-corrected chi connectivity index (χ4v) is 2.38. The van der Waals surface area contributed by atoms with Gasteiger partial charge in [0.05, 0.1) is 17.1 Å². The van der Waals surface area contributed by atoms with E-state index in [0.717, 1.165) is 16.5 Å². The lowest BCUT2D eigenvalue weighted by Crippen LogP contribution is -2.36. The predicted molar refractivity (Wildman–Crippen MR) is 85.9 cm³/mol. The van der Waals surface area contributed by atoms with Crippen LogP contribution >= 0.6 is 0 Å². The molecule has 7 heteroatoms. The summed E-state index contributed by atoms with van der Waals surface area (Å²) in [4.78, 5) is 12.2. The van der Waals surface area contributed by atoms with Gasteiger partial charge in [0.25, 0.3) is 5.91 Å². The maximum atomic E-state index is 12.2. The summed E-state index contributed by atoms with van der Waals surface area (Å²) in [5.41, 5.74) is 1.90. The van der Waals surface area contributed by atoms with Crippen LogP contribution in [0, 0.1) is 0 Å². The zero-order chi connectivity index (χ0) is 16.4. The number of para-hydroxylation sites is 1. The Bertz CT molecular complexity index is 836. The molecule has 1 amide bonds. The number of amides is 1. The van der Waals surface area contributed by atoms with E-state index < -0.39 is 6.10 Å².